The SMILES string of the molecule is CCCOc1ccc(/C=N\Nc2nc(C)ccc2[N+](=O)[O-])cc1OC. The van der Waals surface area contributed by atoms with E-state index in [0.29, 0.717) is 23.8 Å². The van der Waals surface area contributed by atoms with E-state index in [1.807, 2.05) is 13.0 Å². The first-order chi connectivity index (χ1) is 12.0. The second-order valence-electron chi connectivity index (χ2n) is 5.21. The molecule has 0 aliphatic heterocycles. The van der Waals surface area contributed by atoms with Gasteiger partial charge < -0.3 is 9.47 Å². The summed E-state index contributed by atoms with van der Waals surface area (Å²) in [6.45, 7) is 4.38. The Morgan fingerprint density at radius 2 is 2.12 bits per heavy atom. The van der Waals surface area contributed by atoms with Gasteiger partial charge in [0.2, 0.25) is 5.82 Å². The number of hydrazone groups is 1. The van der Waals surface area contributed by atoms with E-state index in [1.165, 1.54) is 12.3 Å². The summed E-state index contributed by atoms with van der Waals surface area (Å²) in [4.78, 5) is 14.6. The first kappa shape index (κ1) is 18.2. The zero-order valence-corrected chi connectivity index (χ0v) is 14.4. The summed E-state index contributed by atoms with van der Waals surface area (Å²) in [5, 5.41) is 15.0. The summed E-state index contributed by atoms with van der Waals surface area (Å²) in [7, 11) is 1.56. The van der Waals surface area contributed by atoms with E-state index in [9.17, 15) is 10.1 Å². The molecule has 2 aromatic rings. The number of benzene rings is 1. The Hall–Kier alpha value is -3.16. The van der Waals surface area contributed by atoms with Gasteiger partial charge in [-0.05, 0) is 43.2 Å². The lowest BCUT2D eigenvalue weighted by molar-refractivity contribution is -0.384. The molecule has 0 aliphatic rings. The maximum absolute atomic E-state index is 11.0. The molecule has 0 bridgehead atoms. The largest absolute Gasteiger partial charge is 0.493 e. The van der Waals surface area contributed by atoms with Crippen LogP contribution < -0.4 is 14.9 Å². The Kier molecular flexibility index (Phi) is 6.27. The minimum absolute atomic E-state index is 0.0936. The van der Waals surface area contributed by atoms with Crippen LogP contribution >= 0.6 is 0 Å². The molecule has 132 valence electrons. The van der Waals surface area contributed by atoms with E-state index in [2.05, 4.69) is 15.5 Å². The molecule has 0 fully saturated rings. The molecule has 0 radical (unpaired) electrons. The van der Waals surface area contributed by atoms with Crippen molar-refractivity contribution in [2.24, 2.45) is 5.10 Å². The maximum Gasteiger partial charge on any atom is 0.313 e. The van der Waals surface area contributed by atoms with Crippen molar-refractivity contribution >= 4 is 17.7 Å². The van der Waals surface area contributed by atoms with Crippen molar-refractivity contribution in [3.8, 4) is 11.5 Å². The first-order valence-corrected chi connectivity index (χ1v) is 7.77. The van der Waals surface area contributed by atoms with E-state index < -0.39 is 4.92 Å². The fourth-order valence-electron chi connectivity index (χ4n) is 2.04. The normalized spacial score (nSPS) is 10.7. The number of nitrogens with one attached hydrogen (secondary N) is 1. The van der Waals surface area contributed by atoms with Crippen molar-refractivity contribution in [3.05, 3.63) is 51.7 Å². The third-order valence-electron chi connectivity index (χ3n) is 3.24. The minimum Gasteiger partial charge on any atom is -0.493 e. The molecule has 8 heteroatoms. The fraction of sp³-hybridized carbons (Fsp3) is 0.294. The van der Waals surface area contributed by atoms with Crippen LogP contribution in [0.1, 0.15) is 24.6 Å². The average Bonchev–Trinajstić information content (AvgIpc) is 2.60. The molecule has 0 unspecified atom stereocenters. The molecule has 0 atom stereocenters. The molecule has 8 nitrogen and oxygen atoms in total. The number of pyridine rings is 1. The summed E-state index contributed by atoms with van der Waals surface area (Å²) in [6.07, 6.45) is 2.43. The van der Waals surface area contributed by atoms with E-state index in [0.717, 1.165) is 12.0 Å². The highest BCUT2D eigenvalue weighted by Gasteiger charge is 2.14. The summed E-state index contributed by atoms with van der Waals surface area (Å²) < 4.78 is 10.9. The molecule has 0 saturated heterocycles. The van der Waals surface area contributed by atoms with Gasteiger partial charge in [-0.1, -0.05) is 6.92 Å². The molecule has 1 N–H and O–H groups in total. The number of anilines is 1. The van der Waals surface area contributed by atoms with E-state index in [4.69, 9.17) is 9.47 Å². The third-order valence-corrected chi connectivity index (χ3v) is 3.24. The number of methoxy groups -OCH3 is 1. The number of aryl methyl sites for hydroxylation is 1. The van der Waals surface area contributed by atoms with Crippen LogP contribution in [0.5, 0.6) is 11.5 Å². The molecule has 0 saturated carbocycles. The Morgan fingerprint density at radius 3 is 2.80 bits per heavy atom. The Labute approximate surface area is 145 Å². The number of nitrogens with zero attached hydrogens (tertiary/aromatic N) is 3. The van der Waals surface area contributed by atoms with Crippen molar-refractivity contribution < 1.29 is 14.4 Å². The summed E-state index contributed by atoms with van der Waals surface area (Å²) >= 11 is 0. The quantitative estimate of drug-likeness (QED) is 0.447. The zero-order chi connectivity index (χ0) is 18.2. The number of ether oxygens (including phenoxy) is 2. The van der Waals surface area contributed by atoms with Crippen molar-refractivity contribution in [2.45, 2.75) is 20.3 Å². The highest BCUT2D eigenvalue weighted by atomic mass is 16.6. The zero-order valence-electron chi connectivity index (χ0n) is 14.4. The molecule has 25 heavy (non-hydrogen) atoms. The second kappa shape index (κ2) is 8.62. The molecule has 1 heterocycles. The van der Waals surface area contributed by atoms with E-state index in [-0.39, 0.29) is 11.5 Å². The maximum atomic E-state index is 11.0. The Balaban J connectivity index is 2.15. The molecule has 0 aliphatic carbocycles. The monoisotopic (exact) mass is 344 g/mol. The van der Waals surface area contributed by atoms with Gasteiger partial charge in [-0.25, -0.2) is 4.98 Å². The molecule has 0 spiro atoms. The summed E-state index contributed by atoms with van der Waals surface area (Å²) in [5.74, 6) is 1.35. The van der Waals surface area contributed by atoms with E-state index in [1.54, 1.807) is 32.2 Å². The van der Waals surface area contributed by atoms with Crippen LogP contribution in [0.2, 0.25) is 0 Å². The summed E-state index contributed by atoms with van der Waals surface area (Å²) in [5.41, 5.74) is 3.89. The van der Waals surface area contributed by atoms with Crippen molar-refractivity contribution in [1.82, 2.24) is 4.98 Å². The smallest absolute Gasteiger partial charge is 0.313 e. The number of aromatic nitrogens is 1. The van der Waals surface area contributed by atoms with Crippen molar-refractivity contribution in [3.63, 3.8) is 0 Å². The molecular weight excluding hydrogens is 324 g/mol. The van der Waals surface area contributed by atoms with Gasteiger partial charge in [0.05, 0.1) is 24.9 Å². The standard InChI is InChI=1S/C17H20N4O4/c1-4-9-25-15-8-6-13(10-16(15)24-3)11-18-20-17-14(21(22)23)7-5-12(2)19-17/h5-8,10-11H,4,9H2,1-3H3,(H,19,20)/b18-11-. The topological polar surface area (TPSA) is 98.9 Å². The number of hydrogen-bond donors (Lipinski definition) is 1. The lowest BCUT2D eigenvalue weighted by atomic mass is 10.2. The van der Waals surface area contributed by atoms with Crippen molar-refractivity contribution in [2.75, 3.05) is 19.1 Å². The van der Waals surface area contributed by atoms with Gasteiger partial charge in [-0.2, -0.15) is 5.10 Å². The van der Waals surface area contributed by atoms with Gasteiger partial charge in [0, 0.05) is 11.8 Å². The number of nitro groups is 1. The highest BCUT2D eigenvalue weighted by Crippen LogP contribution is 2.28. The third kappa shape index (κ3) is 4.90. The van der Waals surface area contributed by atoms with Gasteiger partial charge in [-0.3, -0.25) is 15.5 Å². The minimum atomic E-state index is -0.507. The van der Waals surface area contributed by atoms with Crippen LogP contribution in [0.3, 0.4) is 0 Å². The first-order valence-electron chi connectivity index (χ1n) is 7.77. The summed E-state index contributed by atoms with van der Waals surface area (Å²) in [6, 6.07) is 8.35. The Bertz CT molecular complexity index is 777. The lowest BCUT2D eigenvalue weighted by Gasteiger charge is -2.10. The highest BCUT2D eigenvalue weighted by molar-refractivity contribution is 5.81. The van der Waals surface area contributed by atoms with Gasteiger partial charge in [0.15, 0.2) is 11.5 Å². The Morgan fingerprint density at radius 1 is 1.32 bits per heavy atom. The van der Waals surface area contributed by atoms with Crippen LogP contribution in [-0.4, -0.2) is 29.8 Å². The van der Waals surface area contributed by atoms with Crippen LogP contribution in [0.4, 0.5) is 11.5 Å². The van der Waals surface area contributed by atoms with Gasteiger partial charge in [-0.15, -0.1) is 0 Å². The molecular formula is C17H20N4O4. The van der Waals surface area contributed by atoms with Crippen LogP contribution in [-0.2, 0) is 0 Å². The van der Waals surface area contributed by atoms with Crippen LogP contribution in [0, 0.1) is 17.0 Å². The predicted octanol–water partition coefficient (Wildman–Crippen LogP) is 3.54. The van der Waals surface area contributed by atoms with Gasteiger partial charge >= 0.3 is 5.69 Å². The van der Waals surface area contributed by atoms with E-state index >= 15 is 0 Å². The second-order valence-corrected chi connectivity index (χ2v) is 5.21. The number of rotatable bonds is 8. The molecule has 1 aromatic carbocycles. The molecule has 0 amide bonds. The average molecular weight is 344 g/mol. The molecule has 2 rings (SSSR count). The van der Waals surface area contributed by atoms with Crippen LogP contribution in [0.25, 0.3) is 0 Å². The predicted molar refractivity (Wildman–Crippen MR) is 95.6 cm³/mol. The lowest BCUT2D eigenvalue weighted by Crippen LogP contribution is -2.01. The fourth-order valence-corrected chi connectivity index (χ4v) is 2.04. The van der Waals surface area contributed by atoms with Gasteiger partial charge in [0.25, 0.3) is 0 Å². The van der Waals surface area contributed by atoms with Crippen molar-refractivity contribution in [1.29, 1.82) is 0 Å². The molecule has 1 aromatic heterocycles. The van der Waals surface area contributed by atoms with Crippen LogP contribution in [0.15, 0.2) is 35.4 Å². The number of hydrogen-bond acceptors (Lipinski definition) is 7. The van der Waals surface area contributed by atoms with Gasteiger partial charge in [0.1, 0.15) is 0 Å².